The van der Waals surface area contributed by atoms with Crippen molar-refractivity contribution in [2.45, 2.75) is 26.7 Å². The Morgan fingerprint density at radius 2 is 1.81 bits per heavy atom. The second-order valence-electron chi connectivity index (χ2n) is 7.69. The average Bonchev–Trinajstić information content (AvgIpc) is 3.17. The number of hydrogen-bond acceptors (Lipinski definition) is 5. The topological polar surface area (TPSA) is 98.3 Å². The minimum absolute atomic E-state index is 0.0837. The average molecular weight is 415 g/mol. The molecule has 4 aromatic rings. The van der Waals surface area contributed by atoms with Crippen molar-refractivity contribution in [1.29, 1.82) is 0 Å². The summed E-state index contributed by atoms with van der Waals surface area (Å²) >= 11 is 0. The Kier molecular flexibility index (Phi) is 5.25. The van der Waals surface area contributed by atoms with Crippen molar-refractivity contribution in [3.63, 3.8) is 0 Å². The zero-order chi connectivity index (χ0) is 22.1. The smallest absolute Gasteiger partial charge is 0.273 e. The van der Waals surface area contributed by atoms with Crippen LogP contribution in [0.15, 0.2) is 65.1 Å². The Hall–Kier alpha value is -4.00. The van der Waals surface area contributed by atoms with Crippen molar-refractivity contribution < 1.29 is 14.1 Å². The van der Waals surface area contributed by atoms with Crippen LogP contribution in [0, 0.1) is 17.0 Å². The molecule has 0 bridgehead atoms. The molecule has 0 aliphatic carbocycles. The molecule has 4 rings (SSSR count). The number of nitro benzene ring substituents is 1. The van der Waals surface area contributed by atoms with Gasteiger partial charge in [-0.3, -0.25) is 14.9 Å². The van der Waals surface area contributed by atoms with Crippen molar-refractivity contribution >= 4 is 28.4 Å². The molecular weight excluding hydrogens is 394 g/mol. The maximum Gasteiger partial charge on any atom is 0.273 e. The highest BCUT2D eigenvalue weighted by molar-refractivity contribution is 6.04. The standard InChI is InChI=1S/C24H21N3O4/c1-14(2)17-8-11-22-20(12-17)26-24(31-22)16-6-9-19(10-7-16)25-23(28)18-5-4-15(3)21(13-18)27(29)30/h4-14H,1-3H3,(H,25,28). The van der Waals surface area contributed by atoms with Gasteiger partial charge in [-0.25, -0.2) is 4.98 Å². The fourth-order valence-electron chi connectivity index (χ4n) is 3.27. The second kappa shape index (κ2) is 8.02. The van der Waals surface area contributed by atoms with Crippen molar-refractivity contribution in [3.05, 3.63) is 87.5 Å². The van der Waals surface area contributed by atoms with Crippen molar-refractivity contribution in [1.82, 2.24) is 4.98 Å². The van der Waals surface area contributed by atoms with E-state index in [1.165, 1.54) is 11.6 Å². The van der Waals surface area contributed by atoms with E-state index in [0.29, 0.717) is 23.1 Å². The van der Waals surface area contributed by atoms with Gasteiger partial charge in [0.25, 0.3) is 11.6 Å². The highest BCUT2D eigenvalue weighted by Crippen LogP contribution is 2.28. The summed E-state index contributed by atoms with van der Waals surface area (Å²) in [6, 6.07) is 17.5. The van der Waals surface area contributed by atoms with Crippen LogP contribution in [0.5, 0.6) is 0 Å². The Balaban J connectivity index is 1.53. The number of nitrogens with zero attached hydrogens (tertiary/aromatic N) is 2. The number of amides is 1. The monoisotopic (exact) mass is 415 g/mol. The predicted octanol–water partition coefficient (Wildman–Crippen LogP) is 6.09. The van der Waals surface area contributed by atoms with Gasteiger partial charge in [-0.1, -0.05) is 26.0 Å². The van der Waals surface area contributed by atoms with E-state index >= 15 is 0 Å². The molecule has 0 aliphatic heterocycles. The number of hydrogen-bond donors (Lipinski definition) is 1. The van der Waals surface area contributed by atoms with Gasteiger partial charge in [0.2, 0.25) is 5.89 Å². The van der Waals surface area contributed by atoms with Crippen molar-refractivity contribution in [2.24, 2.45) is 0 Å². The summed E-state index contributed by atoms with van der Waals surface area (Å²) in [6.07, 6.45) is 0. The number of benzene rings is 3. The number of oxazole rings is 1. The van der Waals surface area contributed by atoms with E-state index in [0.717, 1.165) is 16.7 Å². The molecule has 1 aromatic heterocycles. The molecule has 1 heterocycles. The fraction of sp³-hybridized carbons (Fsp3) is 0.167. The number of nitrogens with one attached hydrogen (secondary N) is 1. The lowest BCUT2D eigenvalue weighted by Crippen LogP contribution is -2.12. The first-order chi connectivity index (χ1) is 14.8. The number of fused-ring (bicyclic) bond motifs is 1. The van der Waals surface area contributed by atoms with Gasteiger partial charge >= 0.3 is 0 Å². The van der Waals surface area contributed by atoms with E-state index in [4.69, 9.17) is 4.42 Å². The van der Waals surface area contributed by atoms with Crippen LogP contribution < -0.4 is 5.32 Å². The normalized spacial score (nSPS) is 11.1. The maximum atomic E-state index is 12.5. The lowest BCUT2D eigenvalue weighted by atomic mass is 10.0. The first-order valence-electron chi connectivity index (χ1n) is 9.89. The van der Waals surface area contributed by atoms with Crippen molar-refractivity contribution in [2.75, 3.05) is 5.32 Å². The maximum absolute atomic E-state index is 12.5. The molecule has 3 aromatic carbocycles. The van der Waals surface area contributed by atoms with Gasteiger partial charge in [0.1, 0.15) is 5.52 Å². The largest absolute Gasteiger partial charge is 0.436 e. The van der Waals surface area contributed by atoms with E-state index in [1.807, 2.05) is 18.2 Å². The third-order valence-corrected chi connectivity index (χ3v) is 5.14. The molecular formula is C24H21N3O4. The first kappa shape index (κ1) is 20.3. The van der Waals surface area contributed by atoms with Crippen LogP contribution >= 0.6 is 0 Å². The minimum atomic E-state index is -0.495. The van der Waals surface area contributed by atoms with E-state index in [1.54, 1.807) is 43.3 Å². The van der Waals surface area contributed by atoms with Crippen molar-refractivity contribution in [3.8, 4) is 11.5 Å². The summed E-state index contributed by atoms with van der Waals surface area (Å²) in [5.74, 6) is 0.490. The molecule has 1 N–H and O–H groups in total. The van der Waals surface area contributed by atoms with Gasteiger partial charge in [0.05, 0.1) is 4.92 Å². The first-order valence-corrected chi connectivity index (χ1v) is 9.89. The van der Waals surface area contributed by atoms with Crippen LogP contribution in [0.25, 0.3) is 22.6 Å². The fourth-order valence-corrected chi connectivity index (χ4v) is 3.27. The lowest BCUT2D eigenvalue weighted by molar-refractivity contribution is -0.385. The van der Waals surface area contributed by atoms with Crippen LogP contribution in [0.1, 0.15) is 41.3 Å². The molecule has 31 heavy (non-hydrogen) atoms. The van der Waals surface area contributed by atoms with Gasteiger partial charge in [-0.15, -0.1) is 0 Å². The van der Waals surface area contributed by atoms with E-state index in [9.17, 15) is 14.9 Å². The van der Waals surface area contributed by atoms with E-state index < -0.39 is 10.8 Å². The molecule has 156 valence electrons. The summed E-state index contributed by atoms with van der Waals surface area (Å²) in [6.45, 7) is 5.89. The number of rotatable bonds is 5. The molecule has 0 aliphatic rings. The molecule has 0 saturated carbocycles. The minimum Gasteiger partial charge on any atom is -0.436 e. The van der Waals surface area contributed by atoms with Gasteiger partial charge in [-0.05, 0) is 60.9 Å². The van der Waals surface area contributed by atoms with Gasteiger partial charge in [0, 0.05) is 28.4 Å². The van der Waals surface area contributed by atoms with Gasteiger partial charge in [0.15, 0.2) is 5.58 Å². The van der Waals surface area contributed by atoms with Crippen LogP contribution in [0.2, 0.25) is 0 Å². The molecule has 0 unspecified atom stereocenters. The molecule has 0 atom stereocenters. The number of carbonyl (C=O) groups is 1. The Morgan fingerprint density at radius 3 is 2.48 bits per heavy atom. The molecule has 7 nitrogen and oxygen atoms in total. The zero-order valence-corrected chi connectivity index (χ0v) is 17.4. The van der Waals surface area contributed by atoms with Gasteiger partial charge in [-0.2, -0.15) is 0 Å². The molecule has 0 fully saturated rings. The highest BCUT2D eigenvalue weighted by atomic mass is 16.6. The zero-order valence-electron chi connectivity index (χ0n) is 17.4. The predicted molar refractivity (Wildman–Crippen MR) is 119 cm³/mol. The Morgan fingerprint density at radius 1 is 1.06 bits per heavy atom. The number of nitro groups is 1. The lowest BCUT2D eigenvalue weighted by Gasteiger charge is -2.06. The third-order valence-electron chi connectivity index (χ3n) is 5.14. The molecule has 1 amide bonds. The van der Waals surface area contributed by atoms with Crippen LogP contribution in [0.3, 0.4) is 0 Å². The number of aryl methyl sites for hydroxylation is 1. The molecule has 0 saturated heterocycles. The van der Waals surface area contributed by atoms with Gasteiger partial charge < -0.3 is 9.73 Å². The summed E-state index contributed by atoms with van der Waals surface area (Å²) < 4.78 is 5.86. The second-order valence-corrected chi connectivity index (χ2v) is 7.69. The van der Waals surface area contributed by atoms with Crippen LogP contribution in [0.4, 0.5) is 11.4 Å². The summed E-state index contributed by atoms with van der Waals surface area (Å²) in [7, 11) is 0. The number of anilines is 1. The third kappa shape index (κ3) is 4.16. The summed E-state index contributed by atoms with van der Waals surface area (Å²) in [5, 5.41) is 13.9. The summed E-state index contributed by atoms with van der Waals surface area (Å²) in [5.41, 5.74) is 4.71. The van der Waals surface area contributed by atoms with Crippen LogP contribution in [-0.4, -0.2) is 15.8 Å². The van der Waals surface area contributed by atoms with E-state index in [2.05, 4.69) is 24.1 Å². The summed E-state index contributed by atoms with van der Waals surface area (Å²) in [4.78, 5) is 27.7. The highest BCUT2D eigenvalue weighted by Gasteiger charge is 2.15. The SMILES string of the molecule is Cc1ccc(C(=O)Nc2ccc(-c3nc4cc(C(C)C)ccc4o3)cc2)cc1[N+](=O)[O-]. The number of carbonyl (C=O) groups excluding carboxylic acids is 1. The van der Waals surface area contributed by atoms with E-state index in [-0.39, 0.29) is 11.3 Å². The Labute approximate surface area is 178 Å². The number of aromatic nitrogens is 1. The quantitative estimate of drug-likeness (QED) is 0.314. The Bertz CT molecular complexity index is 1290. The molecule has 0 spiro atoms. The molecule has 7 heteroatoms. The van der Waals surface area contributed by atoms with Crippen LogP contribution in [-0.2, 0) is 0 Å². The molecule has 0 radical (unpaired) electrons.